The molecule has 2 heterocycles. The van der Waals surface area contributed by atoms with Crippen molar-refractivity contribution in [1.29, 1.82) is 0 Å². The van der Waals surface area contributed by atoms with Gasteiger partial charge in [0.1, 0.15) is 0 Å². The van der Waals surface area contributed by atoms with E-state index >= 15 is 0 Å². The Hall–Kier alpha value is -2.85. The number of pyridine rings is 1. The van der Waals surface area contributed by atoms with Crippen LogP contribution in [0.25, 0.3) is 11.4 Å². The van der Waals surface area contributed by atoms with E-state index in [1.54, 1.807) is 11.6 Å². The third-order valence-corrected chi connectivity index (χ3v) is 5.49. The molecule has 1 amide bonds. The topological polar surface area (TPSA) is 81.1 Å². The molecular weight excluding hydrogens is 443 g/mol. The third-order valence-electron chi connectivity index (χ3n) is 4.18. The van der Waals surface area contributed by atoms with Crippen molar-refractivity contribution in [2.75, 3.05) is 11.6 Å². The number of hydrogen-bond acceptors (Lipinski definition) is 4. The van der Waals surface area contributed by atoms with Crippen LogP contribution in [0.3, 0.4) is 0 Å². The summed E-state index contributed by atoms with van der Waals surface area (Å²) in [6.45, 7) is 0. The zero-order chi connectivity index (χ0) is 22.3. The molecule has 0 aliphatic carbocycles. The average Bonchev–Trinajstić information content (AvgIpc) is 3.02. The van der Waals surface area contributed by atoms with Gasteiger partial charge in [-0.05, 0) is 36.4 Å². The van der Waals surface area contributed by atoms with Gasteiger partial charge in [-0.15, -0.1) is 0 Å². The second-order valence-corrected chi connectivity index (χ2v) is 9.01. The molecule has 0 unspecified atom stereocenters. The number of sulfone groups is 1. The molecule has 3 aromatic rings. The van der Waals surface area contributed by atoms with Crippen LogP contribution in [0.4, 0.5) is 18.9 Å². The number of rotatable bonds is 4. The first-order chi connectivity index (χ1) is 13.8. The van der Waals surface area contributed by atoms with Crippen LogP contribution in [0, 0.1) is 0 Å². The lowest BCUT2D eigenvalue weighted by Crippen LogP contribution is -2.11. The summed E-state index contributed by atoms with van der Waals surface area (Å²) in [5.74, 6) is -0.550. The van der Waals surface area contributed by atoms with Gasteiger partial charge < -0.3 is 9.88 Å². The molecule has 0 aliphatic heterocycles. The molecule has 0 radical (unpaired) electrons. The predicted molar refractivity (Wildman–Crippen MR) is 106 cm³/mol. The summed E-state index contributed by atoms with van der Waals surface area (Å²) in [5.41, 5.74) is 0.200. The van der Waals surface area contributed by atoms with Crippen LogP contribution in [0.2, 0.25) is 5.02 Å². The molecule has 3 rings (SSSR count). The molecule has 6 nitrogen and oxygen atoms in total. The largest absolute Gasteiger partial charge is 0.417 e. The van der Waals surface area contributed by atoms with E-state index in [9.17, 15) is 26.4 Å². The first-order valence-electron chi connectivity index (χ1n) is 8.36. The SMILES string of the molecule is Cn1cc(C(=O)Nc2cc(Cl)cc(S(C)(=O)=O)c2)cc1-c1ccc(C(F)(F)F)cn1. The van der Waals surface area contributed by atoms with Crippen LogP contribution in [-0.2, 0) is 23.1 Å². The third kappa shape index (κ3) is 4.82. The molecule has 0 bridgehead atoms. The summed E-state index contributed by atoms with van der Waals surface area (Å²) in [5, 5.41) is 2.70. The van der Waals surface area contributed by atoms with Gasteiger partial charge in [0, 0.05) is 36.4 Å². The van der Waals surface area contributed by atoms with Crippen molar-refractivity contribution in [3.8, 4) is 11.4 Å². The van der Waals surface area contributed by atoms with E-state index in [-0.39, 0.29) is 26.9 Å². The summed E-state index contributed by atoms with van der Waals surface area (Å²) >= 11 is 5.93. The summed E-state index contributed by atoms with van der Waals surface area (Å²) in [4.78, 5) is 16.4. The van der Waals surface area contributed by atoms with E-state index in [0.717, 1.165) is 18.5 Å². The fourth-order valence-electron chi connectivity index (χ4n) is 2.71. The van der Waals surface area contributed by atoms with Crippen molar-refractivity contribution < 1.29 is 26.4 Å². The Labute approximate surface area is 175 Å². The van der Waals surface area contributed by atoms with Gasteiger partial charge in [0.2, 0.25) is 0 Å². The number of hydrogen-bond donors (Lipinski definition) is 1. The zero-order valence-electron chi connectivity index (χ0n) is 15.7. The maximum absolute atomic E-state index is 12.7. The van der Waals surface area contributed by atoms with Crippen LogP contribution < -0.4 is 5.32 Å². The standard InChI is InChI=1S/C19H15ClF3N3O3S/c1-26-10-11(5-17(26)16-4-3-12(9-24-16)19(21,22)23)18(27)25-14-6-13(20)7-15(8-14)30(2,28)29/h3-10H,1-2H3,(H,25,27). The van der Waals surface area contributed by atoms with Gasteiger partial charge in [-0.2, -0.15) is 13.2 Å². The Morgan fingerprint density at radius 2 is 1.87 bits per heavy atom. The number of aryl methyl sites for hydroxylation is 1. The fraction of sp³-hybridized carbons (Fsp3) is 0.158. The highest BCUT2D eigenvalue weighted by atomic mass is 35.5. The van der Waals surface area contributed by atoms with E-state index in [0.29, 0.717) is 5.69 Å². The van der Waals surface area contributed by atoms with E-state index in [2.05, 4.69) is 10.3 Å². The van der Waals surface area contributed by atoms with Gasteiger partial charge in [-0.25, -0.2) is 8.42 Å². The van der Waals surface area contributed by atoms with E-state index in [1.807, 2.05) is 0 Å². The number of aromatic nitrogens is 2. The minimum Gasteiger partial charge on any atom is -0.348 e. The van der Waals surface area contributed by atoms with E-state index in [1.165, 1.54) is 36.5 Å². The lowest BCUT2D eigenvalue weighted by atomic mass is 10.2. The number of benzene rings is 1. The highest BCUT2D eigenvalue weighted by Crippen LogP contribution is 2.30. The van der Waals surface area contributed by atoms with Crippen molar-refractivity contribution in [1.82, 2.24) is 9.55 Å². The van der Waals surface area contributed by atoms with Crippen LogP contribution in [-0.4, -0.2) is 30.1 Å². The number of nitrogens with one attached hydrogen (secondary N) is 1. The number of nitrogens with zero attached hydrogens (tertiary/aromatic N) is 2. The Bertz CT molecular complexity index is 1220. The average molecular weight is 458 g/mol. The molecular formula is C19H15ClF3N3O3S. The summed E-state index contributed by atoms with van der Waals surface area (Å²) in [7, 11) is -1.91. The molecule has 30 heavy (non-hydrogen) atoms. The quantitative estimate of drug-likeness (QED) is 0.629. The Morgan fingerprint density at radius 1 is 1.17 bits per heavy atom. The highest BCUT2D eigenvalue weighted by molar-refractivity contribution is 7.90. The summed E-state index contributed by atoms with van der Waals surface area (Å²) in [6.07, 6.45) is -1.27. The monoisotopic (exact) mass is 457 g/mol. The van der Waals surface area contributed by atoms with Crippen molar-refractivity contribution in [2.24, 2.45) is 7.05 Å². The molecule has 11 heteroatoms. The second kappa shape index (κ2) is 7.77. The van der Waals surface area contributed by atoms with Crippen molar-refractivity contribution in [2.45, 2.75) is 11.1 Å². The van der Waals surface area contributed by atoms with Gasteiger partial charge in [0.05, 0.1) is 27.4 Å². The molecule has 0 saturated heterocycles. The number of alkyl halides is 3. The molecule has 0 atom stereocenters. The Kier molecular flexibility index (Phi) is 5.66. The van der Waals surface area contributed by atoms with Gasteiger partial charge in [0.15, 0.2) is 9.84 Å². The Morgan fingerprint density at radius 3 is 2.43 bits per heavy atom. The molecule has 0 saturated carbocycles. The molecule has 0 fully saturated rings. The van der Waals surface area contributed by atoms with Crippen LogP contribution in [0.1, 0.15) is 15.9 Å². The Balaban J connectivity index is 1.87. The molecule has 2 aromatic heterocycles. The first kappa shape index (κ1) is 21.8. The molecule has 1 N–H and O–H groups in total. The lowest BCUT2D eigenvalue weighted by molar-refractivity contribution is -0.137. The lowest BCUT2D eigenvalue weighted by Gasteiger charge is -2.07. The summed E-state index contributed by atoms with van der Waals surface area (Å²) in [6, 6.07) is 7.54. The molecule has 0 spiro atoms. The van der Waals surface area contributed by atoms with Crippen molar-refractivity contribution in [3.63, 3.8) is 0 Å². The van der Waals surface area contributed by atoms with Gasteiger partial charge in [-0.1, -0.05) is 11.6 Å². The molecule has 158 valence electrons. The van der Waals surface area contributed by atoms with E-state index in [4.69, 9.17) is 11.6 Å². The second-order valence-electron chi connectivity index (χ2n) is 6.56. The maximum Gasteiger partial charge on any atom is 0.417 e. The highest BCUT2D eigenvalue weighted by Gasteiger charge is 2.30. The fourth-order valence-corrected chi connectivity index (χ4v) is 3.69. The van der Waals surface area contributed by atoms with Gasteiger partial charge in [-0.3, -0.25) is 9.78 Å². The normalized spacial score (nSPS) is 12.1. The van der Waals surface area contributed by atoms with Gasteiger partial charge in [0.25, 0.3) is 5.91 Å². The minimum absolute atomic E-state index is 0.0481. The smallest absolute Gasteiger partial charge is 0.348 e. The molecule has 1 aromatic carbocycles. The number of halogens is 4. The first-order valence-corrected chi connectivity index (χ1v) is 10.6. The number of amides is 1. The van der Waals surface area contributed by atoms with Gasteiger partial charge >= 0.3 is 6.18 Å². The minimum atomic E-state index is -4.49. The molecule has 0 aliphatic rings. The number of carbonyl (C=O) groups is 1. The predicted octanol–water partition coefficient (Wildman–Crippen LogP) is 4.42. The summed E-state index contributed by atoms with van der Waals surface area (Å²) < 4.78 is 63.1. The van der Waals surface area contributed by atoms with Crippen LogP contribution in [0.15, 0.2) is 53.7 Å². The van der Waals surface area contributed by atoms with Crippen molar-refractivity contribution >= 4 is 33.0 Å². The van der Waals surface area contributed by atoms with E-state index < -0.39 is 27.5 Å². The van der Waals surface area contributed by atoms with Crippen LogP contribution in [0.5, 0.6) is 0 Å². The zero-order valence-corrected chi connectivity index (χ0v) is 17.2. The van der Waals surface area contributed by atoms with Crippen molar-refractivity contribution in [3.05, 3.63) is 64.9 Å². The van der Waals surface area contributed by atoms with Crippen LogP contribution >= 0.6 is 11.6 Å². The number of carbonyl (C=O) groups excluding carboxylic acids is 1. The maximum atomic E-state index is 12.7. The number of anilines is 1.